The molecule has 16 nitrogen and oxygen atoms in total. The van der Waals surface area contributed by atoms with Gasteiger partial charge in [-0.3, -0.25) is 0 Å². The van der Waals surface area contributed by atoms with Crippen molar-refractivity contribution in [2.45, 2.75) is 151 Å². The molecule has 0 amide bonds. The minimum absolute atomic E-state index is 0.0346. The number of hydrogen-bond donors (Lipinski definition) is 0. The molecule has 0 unspecified atom stereocenters. The van der Waals surface area contributed by atoms with Gasteiger partial charge in [0.05, 0.1) is 39.8 Å². The molecule has 10 aromatic heterocycles. The highest BCUT2D eigenvalue weighted by Crippen LogP contribution is 2.33. The fourth-order valence-electron chi connectivity index (χ4n) is 18.6. The summed E-state index contributed by atoms with van der Waals surface area (Å²) in [6.07, 6.45) is 26.1. The molecule has 20 rings (SSSR count). The zero-order valence-corrected chi connectivity index (χ0v) is 80.9. The van der Waals surface area contributed by atoms with Gasteiger partial charge in [0, 0.05) is 193 Å². The maximum atomic E-state index is 7.59. The van der Waals surface area contributed by atoms with Gasteiger partial charge in [0.2, 0.25) is 39.5 Å². The van der Waals surface area contributed by atoms with Crippen LogP contribution < -0.4 is 45.7 Å². The largest absolute Gasteiger partial charge is 0.300 e. The first-order valence-electron chi connectivity index (χ1n) is 45.8. The molecular weight excluding hydrogens is 1640 g/mol. The monoisotopic (exact) mass is 1760 g/mol. The van der Waals surface area contributed by atoms with Crippen LogP contribution in [-0.4, -0.2) is 24.9 Å². The zero-order chi connectivity index (χ0) is 94.5. The molecule has 134 heavy (non-hydrogen) atoms. The van der Waals surface area contributed by atoms with Crippen molar-refractivity contribution in [2.24, 2.45) is 0 Å². The second kappa shape index (κ2) is 39.1. The Kier molecular flexibility index (Phi) is 26.7. The molecule has 16 heteroatoms. The van der Waals surface area contributed by atoms with Crippen LogP contribution in [0.3, 0.4) is 0 Å². The van der Waals surface area contributed by atoms with Crippen LogP contribution in [0.2, 0.25) is 0 Å². The van der Waals surface area contributed by atoms with E-state index in [1.54, 1.807) is 6.20 Å². The van der Waals surface area contributed by atoms with Crippen molar-refractivity contribution in [3.05, 3.63) is 454 Å². The number of hydrogen-bond acceptors (Lipinski definition) is 5. The molecule has 0 spiro atoms. The van der Waals surface area contributed by atoms with Crippen molar-refractivity contribution in [3.63, 3.8) is 0 Å². The van der Waals surface area contributed by atoms with E-state index in [4.69, 9.17) is 6.57 Å². The summed E-state index contributed by atoms with van der Waals surface area (Å²) < 4.78 is 22.2. The number of nitrogens with zero attached hydrogens (tertiary/aromatic N) is 16. The summed E-state index contributed by atoms with van der Waals surface area (Å²) in [6.45, 7) is 52.7. The fraction of sp³-hybridized carbons (Fsp3) is 0.186. The highest BCUT2D eigenvalue weighted by atomic mass is 15.1. The number of pyridine rings is 5. The number of benzene rings is 10. The van der Waals surface area contributed by atoms with E-state index >= 15 is 0 Å². The lowest BCUT2D eigenvalue weighted by Crippen LogP contribution is -2.40. The lowest BCUT2D eigenvalue weighted by molar-refractivity contribution is -0.614. The minimum atomic E-state index is 0.0346. The van der Waals surface area contributed by atoms with Gasteiger partial charge in [0.25, 0.3) is 29.1 Å². The molecule has 0 atom stereocenters. The highest BCUT2D eigenvalue weighted by Gasteiger charge is 2.33. The molecule has 0 fully saturated rings. The molecule has 660 valence electrons. The standard InChI is InChI=1S/C26H29N3.C24H25N3.C23H20N4.C23H23N3.C22H21N3/c1-18-12-13-21-10-7-8-11-23(21)29(18)25-17-22(26(4,5)6)16-24(19(25)2)28-15-9-14-27-20(28)3;1-16-13-17(2)24(19(4)23(16)26-12-8-11-25-20(26)5)27-15-22-10-7-6-9-21(22)14-18(27)3;1-16-10-11-19-8-5-6-9-21(19)27(16)23-15-20(24-4)14-22(17(23)2)26-13-7-12-25-18(26)3;1-16-12-22(25-11-7-10-24-19(25)4)18(3)23(13-16)26-15-21-9-6-5-8-20(21)14-17(26)2;1-16-9-6-7-13-24(16)22-17(2)21(25-14-8-12-23-18(25)3)15-19-10-4-5-11-20(19)22/h7-17H,1-6H3;6-15H,1-5H3;5-15H,1-3H3;5-15H,1-4H3;4-15H,1-3H3/q5*+2. The maximum absolute atomic E-state index is 7.59. The summed E-state index contributed by atoms with van der Waals surface area (Å²) in [7, 11) is 0. The van der Waals surface area contributed by atoms with Crippen molar-refractivity contribution < 1.29 is 45.7 Å². The Morgan fingerprint density at radius 3 is 1.08 bits per heavy atom. The second-order valence-corrected chi connectivity index (χ2v) is 35.9. The Labute approximate surface area is 787 Å². The molecule has 20 aromatic rings. The van der Waals surface area contributed by atoms with E-state index < -0.39 is 0 Å². The van der Waals surface area contributed by atoms with Crippen molar-refractivity contribution in [1.82, 2.24) is 24.9 Å². The van der Waals surface area contributed by atoms with Crippen molar-refractivity contribution in [2.75, 3.05) is 0 Å². The minimum Gasteiger partial charge on any atom is -0.238 e. The smallest absolute Gasteiger partial charge is 0.238 e. The molecule has 0 N–H and O–H groups in total. The summed E-state index contributed by atoms with van der Waals surface area (Å²) >= 11 is 0. The number of aryl methyl sites for hydroxylation is 13. The molecule has 10 aromatic carbocycles. The predicted octanol–water partition coefficient (Wildman–Crippen LogP) is 21.3. The Bertz CT molecular complexity index is 8000. The summed E-state index contributed by atoms with van der Waals surface area (Å²) in [5.41, 5.74) is 31.8. The molecule has 0 bridgehead atoms. The third kappa shape index (κ3) is 18.7. The molecule has 10 heterocycles. The SMILES string of the molecule is Cc1c(-[n+]2cccnc2C)cc(C(C)(C)C)cc1-[n+]1c(C)ccc2ccccc21.Cc1c(-[n+]2cccnc2C)cc2ccccc2c1-[n+]1ccccc1C.Cc1cc(-[n+]2cc3ccccc3cc2C)c(C)c(-[n+]2cccnc2C)c1.Cc1cc(C)c(-[n+]2cccnc2C)c(C)c1-[n+]1cc2ccccc2cc1C.[C-]#[N+]c1cc(-[n+]2cccnc2C)c(C)c(-[n+]2c(C)ccc3ccccc32)c1. The lowest BCUT2D eigenvalue weighted by Gasteiger charge is -2.21. The molecule has 0 saturated heterocycles. The Balaban J connectivity index is 0.000000122. The summed E-state index contributed by atoms with van der Waals surface area (Å²) in [6, 6.07) is 89.4. The number of para-hydroxylation sites is 2. The third-order valence-corrected chi connectivity index (χ3v) is 25.6. The molecule has 0 aliphatic heterocycles. The normalized spacial score (nSPS) is 11.2. The van der Waals surface area contributed by atoms with E-state index in [2.05, 4.69) is 432 Å². The number of rotatable bonds is 10. The van der Waals surface area contributed by atoms with Gasteiger partial charge in [-0.25, -0.2) is 9.41 Å². The maximum Gasteiger partial charge on any atom is 0.300 e. The van der Waals surface area contributed by atoms with Gasteiger partial charge in [-0.1, -0.05) is 131 Å². The van der Waals surface area contributed by atoms with Crippen molar-refractivity contribution in [1.29, 1.82) is 0 Å². The first kappa shape index (κ1) is 91.5. The second-order valence-electron chi connectivity index (χ2n) is 35.9. The first-order chi connectivity index (χ1) is 64.5. The van der Waals surface area contributed by atoms with Gasteiger partial charge in [-0.2, -0.15) is 41.1 Å². The third-order valence-electron chi connectivity index (χ3n) is 25.6. The van der Waals surface area contributed by atoms with Gasteiger partial charge < -0.3 is 0 Å². The van der Waals surface area contributed by atoms with Crippen LogP contribution >= 0.6 is 0 Å². The number of fused-ring (bicyclic) bond motifs is 5. The van der Waals surface area contributed by atoms with E-state index in [-0.39, 0.29) is 5.41 Å². The van der Waals surface area contributed by atoms with Gasteiger partial charge in [-0.15, -0.1) is 0 Å². The Hall–Kier alpha value is -15.9. The van der Waals surface area contributed by atoms with Crippen LogP contribution in [-0.2, 0) is 5.41 Å². The van der Waals surface area contributed by atoms with Crippen LogP contribution in [0.4, 0.5) is 5.69 Å². The summed E-state index contributed by atoms with van der Waals surface area (Å²) in [5.74, 6) is 4.80. The molecule has 0 aliphatic rings. The topological polar surface area (TPSA) is 108 Å². The van der Waals surface area contributed by atoms with E-state index in [0.29, 0.717) is 5.69 Å². The number of aromatic nitrogens is 15. The Morgan fingerprint density at radius 1 is 0.254 bits per heavy atom. The van der Waals surface area contributed by atoms with Crippen molar-refractivity contribution in [3.8, 4) is 56.9 Å². The molecule has 0 saturated carbocycles. The van der Waals surface area contributed by atoms with E-state index in [0.717, 1.165) is 63.0 Å². The quantitative estimate of drug-likeness (QED) is 0.100. The van der Waals surface area contributed by atoms with E-state index in [1.165, 1.54) is 156 Å². The average Bonchev–Trinajstić information content (AvgIpc) is 0.746. The summed E-state index contributed by atoms with van der Waals surface area (Å²) in [5, 5.41) is 9.92. The van der Waals surface area contributed by atoms with E-state index in [1.807, 2.05) is 118 Å². The van der Waals surface area contributed by atoms with Crippen LogP contribution in [0.5, 0.6) is 0 Å². The van der Waals surface area contributed by atoms with E-state index in [9.17, 15) is 0 Å². The predicted molar refractivity (Wildman–Crippen MR) is 534 cm³/mol. The van der Waals surface area contributed by atoms with Gasteiger partial charge in [0.15, 0.2) is 52.7 Å². The Morgan fingerprint density at radius 2 is 0.612 bits per heavy atom. The lowest BCUT2D eigenvalue weighted by atomic mass is 9.85. The fourth-order valence-corrected chi connectivity index (χ4v) is 18.6. The molecule has 0 aliphatic carbocycles. The van der Waals surface area contributed by atoms with Crippen LogP contribution in [0.1, 0.15) is 128 Å². The zero-order valence-electron chi connectivity index (χ0n) is 80.9. The average molecular weight is 1760 g/mol. The van der Waals surface area contributed by atoms with Crippen LogP contribution in [0.15, 0.2) is 335 Å². The van der Waals surface area contributed by atoms with Gasteiger partial charge in [0.1, 0.15) is 90.4 Å². The van der Waals surface area contributed by atoms with Crippen molar-refractivity contribution >= 4 is 59.8 Å². The van der Waals surface area contributed by atoms with Gasteiger partial charge in [-0.05, 0) is 166 Å². The highest BCUT2D eigenvalue weighted by molar-refractivity contribution is 5.92. The van der Waals surface area contributed by atoms with Crippen LogP contribution in [0.25, 0.3) is 116 Å². The molecular formula is C118H118N16+10. The van der Waals surface area contributed by atoms with Crippen LogP contribution in [0, 0.1) is 131 Å². The first-order valence-corrected chi connectivity index (χ1v) is 45.8. The van der Waals surface area contributed by atoms with Gasteiger partial charge >= 0.3 is 0 Å². The summed E-state index contributed by atoms with van der Waals surface area (Å²) in [4.78, 5) is 26.0. The molecule has 0 radical (unpaired) electrons.